The van der Waals surface area contributed by atoms with Gasteiger partial charge in [0.15, 0.2) is 5.96 Å². The number of benzene rings is 1. The zero-order valence-corrected chi connectivity index (χ0v) is 15.3. The van der Waals surface area contributed by atoms with Gasteiger partial charge in [-0.25, -0.2) is 0 Å². The Balaban J connectivity index is 0.00000176. The third-order valence-corrected chi connectivity index (χ3v) is 4.14. The second-order valence-corrected chi connectivity index (χ2v) is 5.74. The summed E-state index contributed by atoms with van der Waals surface area (Å²) >= 11 is 0. The fraction of sp³-hybridized carbons (Fsp3) is 0.588. The van der Waals surface area contributed by atoms with Crippen LogP contribution in [0.3, 0.4) is 0 Å². The summed E-state index contributed by atoms with van der Waals surface area (Å²) < 4.78 is 6.10. The predicted octanol–water partition coefficient (Wildman–Crippen LogP) is 3.03. The van der Waals surface area contributed by atoms with Gasteiger partial charge in [-0.1, -0.05) is 24.3 Å². The fourth-order valence-corrected chi connectivity index (χ4v) is 3.04. The highest BCUT2D eigenvalue weighted by molar-refractivity contribution is 14.0. The predicted molar refractivity (Wildman–Crippen MR) is 101 cm³/mol. The number of rotatable bonds is 5. The third-order valence-electron chi connectivity index (χ3n) is 4.14. The minimum absolute atomic E-state index is 0. The van der Waals surface area contributed by atoms with Gasteiger partial charge >= 0.3 is 0 Å². The number of nitrogens with zero attached hydrogens (tertiary/aromatic N) is 1. The van der Waals surface area contributed by atoms with E-state index in [-0.39, 0.29) is 24.0 Å². The van der Waals surface area contributed by atoms with Crippen LogP contribution in [0.1, 0.15) is 42.9 Å². The monoisotopic (exact) mass is 415 g/mol. The van der Waals surface area contributed by atoms with Crippen molar-refractivity contribution in [2.75, 3.05) is 26.2 Å². The number of halogens is 1. The largest absolute Gasteiger partial charge is 0.373 e. The van der Waals surface area contributed by atoms with Crippen molar-refractivity contribution >= 4 is 29.9 Å². The van der Waals surface area contributed by atoms with E-state index < -0.39 is 0 Å². The van der Waals surface area contributed by atoms with E-state index in [0.717, 1.165) is 51.5 Å². The summed E-state index contributed by atoms with van der Waals surface area (Å²) in [7, 11) is 0. The first-order chi connectivity index (χ1) is 10.4. The molecule has 1 unspecified atom stereocenters. The Labute approximate surface area is 150 Å². The van der Waals surface area contributed by atoms with Crippen LogP contribution in [-0.4, -0.2) is 32.2 Å². The lowest BCUT2D eigenvalue weighted by Gasteiger charge is -2.25. The molecule has 0 radical (unpaired) electrons. The number of fused-ring (bicyclic) bond motifs is 1. The highest BCUT2D eigenvalue weighted by atomic mass is 127. The molecule has 0 amide bonds. The molecule has 1 atom stereocenters. The number of nitrogens with one attached hydrogen (secondary N) is 2. The molecule has 22 heavy (non-hydrogen) atoms. The van der Waals surface area contributed by atoms with E-state index in [0.29, 0.717) is 6.10 Å². The van der Waals surface area contributed by atoms with Crippen LogP contribution in [0.5, 0.6) is 0 Å². The van der Waals surface area contributed by atoms with Crippen LogP contribution in [0.25, 0.3) is 0 Å². The maximum absolute atomic E-state index is 6.10. The van der Waals surface area contributed by atoms with Crippen molar-refractivity contribution in [2.45, 2.75) is 38.2 Å². The molecule has 0 fully saturated rings. The first-order valence-corrected chi connectivity index (χ1v) is 8.15. The molecule has 0 saturated heterocycles. The van der Waals surface area contributed by atoms with Crippen molar-refractivity contribution in [2.24, 2.45) is 4.99 Å². The molecule has 1 aromatic rings. The number of aliphatic imine (C=N–C) groups is 1. The summed E-state index contributed by atoms with van der Waals surface area (Å²) in [4.78, 5) is 4.40. The molecule has 5 heteroatoms. The van der Waals surface area contributed by atoms with Crippen LogP contribution in [0, 0.1) is 0 Å². The van der Waals surface area contributed by atoms with E-state index in [1.54, 1.807) is 0 Å². The molecule has 2 N–H and O–H groups in total. The molecule has 122 valence electrons. The summed E-state index contributed by atoms with van der Waals surface area (Å²) in [5, 5.41) is 6.61. The van der Waals surface area contributed by atoms with Gasteiger partial charge < -0.3 is 15.4 Å². The van der Waals surface area contributed by atoms with Crippen molar-refractivity contribution in [3.05, 3.63) is 35.4 Å². The molecular formula is C17H26IN3O. The maximum atomic E-state index is 6.10. The summed E-state index contributed by atoms with van der Waals surface area (Å²) in [5.41, 5.74) is 2.86. The zero-order chi connectivity index (χ0) is 14.3. The number of ether oxygens (including phenoxy) is 1. The van der Waals surface area contributed by atoms with Crippen LogP contribution in [0.15, 0.2) is 29.3 Å². The first kappa shape index (κ1) is 17.5. The van der Waals surface area contributed by atoms with E-state index in [1.165, 1.54) is 24.0 Å². The summed E-state index contributed by atoms with van der Waals surface area (Å²) in [5.74, 6) is 0.948. The molecule has 3 rings (SSSR count). The Hall–Kier alpha value is -0.820. The van der Waals surface area contributed by atoms with Crippen LogP contribution < -0.4 is 10.6 Å². The number of guanidine groups is 1. The van der Waals surface area contributed by atoms with Crippen LogP contribution in [0.2, 0.25) is 0 Å². The van der Waals surface area contributed by atoms with Gasteiger partial charge in [-0.3, -0.25) is 4.99 Å². The van der Waals surface area contributed by atoms with E-state index >= 15 is 0 Å². The highest BCUT2D eigenvalue weighted by Crippen LogP contribution is 2.32. The van der Waals surface area contributed by atoms with Crippen LogP contribution >= 0.6 is 24.0 Å². The number of hydrogen-bond donors (Lipinski definition) is 2. The summed E-state index contributed by atoms with van der Waals surface area (Å²) in [6, 6.07) is 8.70. The lowest BCUT2D eigenvalue weighted by molar-refractivity contribution is 0.0398. The molecule has 1 heterocycles. The topological polar surface area (TPSA) is 45.6 Å². The molecule has 4 nitrogen and oxygen atoms in total. The normalized spacial score (nSPS) is 20.2. The van der Waals surface area contributed by atoms with Gasteiger partial charge in [-0.05, 0) is 43.2 Å². The highest BCUT2D eigenvalue weighted by Gasteiger charge is 2.19. The van der Waals surface area contributed by atoms with E-state index in [2.05, 4.69) is 39.9 Å². The molecular weight excluding hydrogens is 389 g/mol. The Kier molecular flexibility index (Phi) is 7.45. The van der Waals surface area contributed by atoms with E-state index in [1.807, 2.05) is 0 Å². The molecule has 2 aliphatic rings. The smallest absolute Gasteiger partial charge is 0.191 e. The number of aryl methyl sites for hydroxylation is 1. The zero-order valence-electron chi connectivity index (χ0n) is 13.0. The molecule has 0 aromatic heterocycles. The Bertz CT molecular complexity index is 493. The fourth-order valence-electron chi connectivity index (χ4n) is 3.04. The Morgan fingerprint density at radius 2 is 2.18 bits per heavy atom. The molecule has 1 aromatic carbocycles. The summed E-state index contributed by atoms with van der Waals surface area (Å²) in [6.07, 6.45) is 6.03. The average Bonchev–Trinajstić information content (AvgIpc) is 2.56. The Morgan fingerprint density at radius 3 is 3.05 bits per heavy atom. The minimum atomic E-state index is 0. The van der Waals surface area contributed by atoms with Gasteiger partial charge in [0.1, 0.15) is 0 Å². The van der Waals surface area contributed by atoms with Crippen molar-refractivity contribution in [3.8, 4) is 0 Å². The maximum Gasteiger partial charge on any atom is 0.191 e. The average molecular weight is 415 g/mol. The van der Waals surface area contributed by atoms with E-state index in [4.69, 9.17) is 4.74 Å². The van der Waals surface area contributed by atoms with Crippen LogP contribution in [0.4, 0.5) is 0 Å². The minimum Gasteiger partial charge on any atom is -0.373 e. The molecule has 1 aliphatic heterocycles. The van der Waals surface area contributed by atoms with Crippen molar-refractivity contribution in [3.63, 3.8) is 0 Å². The van der Waals surface area contributed by atoms with Gasteiger partial charge in [-0.15, -0.1) is 24.0 Å². The SMILES string of the molecule is I.c1ccc2c(c1)CCCC2OCCCNC1=NCCCN1. The van der Waals surface area contributed by atoms with Gasteiger partial charge in [0.2, 0.25) is 0 Å². The first-order valence-electron chi connectivity index (χ1n) is 8.15. The molecule has 0 saturated carbocycles. The van der Waals surface area contributed by atoms with Crippen molar-refractivity contribution in [1.82, 2.24) is 10.6 Å². The van der Waals surface area contributed by atoms with Crippen LogP contribution in [-0.2, 0) is 11.2 Å². The quantitative estimate of drug-likeness (QED) is 0.574. The number of hydrogen-bond acceptors (Lipinski definition) is 4. The second kappa shape index (κ2) is 9.35. The lowest BCUT2D eigenvalue weighted by Crippen LogP contribution is -2.41. The van der Waals surface area contributed by atoms with Gasteiger partial charge in [0.05, 0.1) is 6.10 Å². The Morgan fingerprint density at radius 1 is 1.27 bits per heavy atom. The summed E-state index contributed by atoms with van der Waals surface area (Å²) in [6.45, 7) is 3.69. The molecule has 1 aliphatic carbocycles. The second-order valence-electron chi connectivity index (χ2n) is 5.74. The van der Waals surface area contributed by atoms with Crippen molar-refractivity contribution in [1.29, 1.82) is 0 Å². The molecule has 0 bridgehead atoms. The third kappa shape index (κ3) is 4.84. The van der Waals surface area contributed by atoms with E-state index in [9.17, 15) is 0 Å². The lowest BCUT2D eigenvalue weighted by atomic mass is 9.89. The van der Waals surface area contributed by atoms with Crippen molar-refractivity contribution < 1.29 is 4.74 Å². The van der Waals surface area contributed by atoms with Gasteiger partial charge in [-0.2, -0.15) is 0 Å². The molecule has 0 spiro atoms. The van der Waals surface area contributed by atoms with Gasteiger partial charge in [0.25, 0.3) is 0 Å². The standard InChI is InChI=1S/C17H25N3O.HI/c1-2-8-15-14(6-1)7-3-9-16(15)21-13-5-12-20-17-18-10-4-11-19-17;/h1-2,6,8,16H,3-5,7,9-13H2,(H2,18,19,20);1H. The van der Waals surface area contributed by atoms with Gasteiger partial charge in [0, 0.05) is 26.2 Å².